The number of benzene rings is 1. The van der Waals surface area contributed by atoms with Gasteiger partial charge in [-0.1, -0.05) is 0 Å². The molecule has 0 unspecified atom stereocenters. The molecule has 1 N–H and O–H groups in total. The lowest BCUT2D eigenvalue weighted by molar-refractivity contribution is 0.386. The van der Waals surface area contributed by atoms with E-state index in [4.69, 9.17) is 4.74 Å². The summed E-state index contributed by atoms with van der Waals surface area (Å²) in [5.74, 6) is -0.101. The molecule has 0 aliphatic carbocycles. The van der Waals surface area contributed by atoms with E-state index in [1.807, 2.05) is 11.4 Å². The molecule has 2 aromatic rings. The lowest BCUT2D eigenvalue weighted by atomic mass is 10.3. The van der Waals surface area contributed by atoms with Gasteiger partial charge in [-0.05, 0) is 39.5 Å². The number of hydrogen-bond donors (Lipinski definition) is 1. The van der Waals surface area contributed by atoms with E-state index in [0.29, 0.717) is 6.54 Å². The molecule has 0 amide bonds. The van der Waals surface area contributed by atoms with E-state index in [1.54, 1.807) is 23.5 Å². The van der Waals surface area contributed by atoms with Crippen molar-refractivity contribution in [2.24, 2.45) is 0 Å². The van der Waals surface area contributed by atoms with Gasteiger partial charge in [-0.25, -0.2) is 4.39 Å². The minimum atomic E-state index is -0.359. The molecule has 1 aromatic carbocycles. The van der Waals surface area contributed by atoms with Crippen LogP contribution in [0.5, 0.6) is 5.75 Å². The van der Waals surface area contributed by atoms with Crippen molar-refractivity contribution < 1.29 is 9.13 Å². The van der Waals surface area contributed by atoms with Crippen LogP contribution in [0.2, 0.25) is 0 Å². The first-order valence-electron chi connectivity index (χ1n) is 5.00. The number of anilines is 1. The molecule has 2 nitrogen and oxygen atoms in total. The highest BCUT2D eigenvalue weighted by molar-refractivity contribution is 9.10. The Morgan fingerprint density at radius 3 is 2.82 bits per heavy atom. The van der Waals surface area contributed by atoms with Gasteiger partial charge >= 0.3 is 0 Å². The van der Waals surface area contributed by atoms with E-state index in [1.165, 1.54) is 18.1 Å². The molecule has 0 saturated heterocycles. The highest BCUT2D eigenvalue weighted by Gasteiger charge is 2.04. The lowest BCUT2D eigenvalue weighted by Gasteiger charge is -2.07. The molecule has 2 rings (SSSR count). The zero-order valence-electron chi connectivity index (χ0n) is 9.17. The summed E-state index contributed by atoms with van der Waals surface area (Å²) in [6, 6.07) is 6.83. The summed E-state index contributed by atoms with van der Waals surface area (Å²) in [6.07, 6.45) is 0. The molecule has 90 valence electrons. The van der Waals surface area contributed by atoms with Crippen LogP contribution in [-0.2, 0) is 6.54 Å². The zero-order chi connectivity index (χ0) is 12.3. The van der Waals surface area contributed by atoms with Gasteiger partial charge in [0.2, 0.25) is 0 Å². The van der Waals surface area contributed by atoms with Crippen molar-refractivity contribution in [3.8, 4) is 5.75 Å². The Bertz CT molecular complexity index is 515. The van der Waals surface area contributed by atoms with E-state index in [9.17, 15) is 4.39 Å². The minimum Gasteiger partial charge on any atom is -0.494 e. The minimum absolute atomic E-state index is 0.257. The van der Waals surface area contributed by atoms with Crippen LogP contribution >= 0.6 is 27.3 Å². The van der Waals surface area contributed by atoms with Gasteiger partial charge in [-0.3, -0.25) is 0 Å². The van der Waals surface area contributed by atoms with E-state index < -0.39 is 0 Å². The number of nitrogens with one attached hydrogen (secondary N) is 1. The summed E-state index contributed by atoms with van der Waals surface area (Å²) < 4.78 is 19.4. The fourth-order valence-electron chi connectivity index (χ4n) is 1.41. The molecule has 0 spiro atoms. The lowest BCUT2D eigenvalue weighted by Crippen LogP contribution is -1.99. The highest BCUT2D eigenvalue weighted by atomic mass is 79.9. The maximum atomic E-state index is 13.4. The number of hydrogen-bond acceptors (Lipinski definition) is 3. The van der Waals surface area contributed by atoms with Crippen molar-refractivity contribution in [1.29, 1.82) is 0 Å². The molecule has 17 heavy (non-hydrogen) atoms. The Labute approximate surface area is 112 Å². The van der Waals surface area contributed by atoms with Gasteiger partial charge in [0.05, 0.1) is 13.7 Å². The third kappa shape index (κ3) is 2.98. The molecule has 0 aliphatic rings. The smallest absolute Gasteiger partial charge is 0.167 e. The summed E-state index contributed by atoms with van der Waals surface area (Å²) in [6.45, 7) is 0.671. The van der Waals surface area contributed by atoms with Crippen LogP contribution < -0.4 is 10.1 Å². The van der Waals surface area contributed by atoms with Crippen molar-refractivity contribution >= 4 is 33.0 Å². The number of thiophene rings is 1. The molecule has 0 fully saturated rings. The van der Waals surface area contributed by atoms with Gasteiger partial charge in [-0.15, -0.1) is 11.3 Å². The van der Waals surface area contributed by atoms with Gasteiger partial charge in [0.1, 0.15) is 0 Å². The van der Waals surface area contributed by atoms with Crippen LogP contribution in [0.1, 0.15) is 4.88 Å². The van der Waals surface area contributed by atoms with E-state index in [2.05, 4.69) is 21.2 Å². The van der Waals surface area contributed by atoms with Gasteiger partial charge in [-0.2, -0.15) is 0 Å². The SMILES string of the molecule is COc1ccc(NCc2sccc2Br)cc1F. The van der Waals surface area contributed by atoms with Crippen LogP contribution in [0.4, 0.5) is 10.1 Å². The quantitative estimate of drug-likeness (QED) is 0.909. The normalized spacial score (nSPS) is 10.3. The van der Waals surface area contributed by atoms with Crippen molar-refractivity contribution in [3.63, 3.8) is 0 Å². The van der Waals surface area contributed by atoms with E-state index in [-0.39, 0.29) is 11.6 Å². The van der Waals surface area contributed by atoms with Gasteiger partial charge < -0.3 is 10.1 Å². The van der Waals surface area contributed by atoms with Gasteiger partial charge in [0, 0.05) is 21.1 Å². The molecular weight excluding hydrogens is 305 g/mol. The fourth-order valence-corrected chi connectivity index (χ4v) is 2.84. The Balaban J connectivity index is 2.05. The second-order valence-electron chi connectivity index (χ2n) is 3.39. The second kappa shape index (κ2) is 5.51. The first-order valence-corrected chi connectivity index (χ1v) is 6.67. The molecule has 5 heteroatoms. The van der Waals surface area contributed by atoms with Crippen LogP contribution in [-0.4, -0.2) is 7.11 Å². The Kier molecular flexibility index (Phi) is 4.02. The standard InChI is InChI=1S/C12H11BrFNOS/c1-16-11-3-2-8(6-10(11)14)15-7-12-9(13)4-5-17-12/h2-6,15H,7H2,1H3. The summed E-state index contributed by atoms with van der Waals surface area (Å²) in [5, 5.41) is 5.17. The predicted octanol–water partition coefficient (Wildman–Crippen LogP) is 4.27. The van der Waals surface area contributed by atoms with Crippen molar-refractivity contribution in [3.05, 3.63) is 44.8 Å². The molecule has 0 saturated carbocycles. The van der Waals surface area contributed by atoms with E-state index in [0.717, 1.165) is 10.2 Å². The number of methoxy groups -OCH3 is 1. The number of halogens is 2. The average molecular weight is 316 g/mol. The maximum absolute atomic E-state index is 13.4. The summed E-state index contributed by atoms with van der Waals surface area (Å²) in [5.41, 5.74) is 0.739. The summed E-state index contributed by atoms with van der Waals surface area (Å²) >= 11 is 5.11. The first-order chi connectivity index (χ1) is 8.20. The predicted molar refractivity (Wildman–Crippen MR) is 72.3 cm³/mol. The first kappa shape index (κ1) is 12.4. The molecule has 1 heterocycles. The molecule has 0 radical (unpaired) electrons. The molecule has 0 bridgehead atoms. The van der Waals surface area contributed by atoms with Crippen LogP contribution in [0.15, 0.2) is 34.1 Å². The van der Waals surface area contributed by atoms with Gasteiger partial charge in [0.25, 0.3) is 0 Å². The molecular formula is C12H11BrFNOS. The third-order valence-corrected chi connectivity index (χ3v) is 4.22. The largest absolute Gasteiger partial charge is 0.494 e. The van der Waals surface area contributed by atoms with Crippen molar-refractivity contribution in [1.82, 2.24) is 0 Å². The van der Waals surface area contributed by atoms with Crippen molar-refractivity contribution in [2.75, 3.05) is 12.4 Å². The van der Waals surface area contributed by atoms with E-state index >= 15 is 0 Å². The second-order valence-corrected chi connectivity index (χ2v) is 5.25. The average Bonchev–Trinajstić information content (AvgIpc) is 2.72. The molecule has 1 aromatic heterocycles. The number of rotatable bonds is 4. The Morgan fingerprint density at radius 1 is 1.41 bits per heavy atom. The highest BCUT2D eigenvalue weighted by Crippen LogP contribution is 2.25. The fraction of sp³-hybridized carbons (Fsp3) is 0.167. The zero-order valence-corrected chi connectivity index (χ0v) is 11.6. The monoisotopic (exact) mass is 315 g/mol. The van der Waals surface area contributed by atoms with Crippen LogP contribution in [0, 0.1) is 5.82 Å². The Morgan fingerprint density at radius 2 is 2.24 bits per heavy atom. The maximum Gasteiger partial charge on any atom is 0.167 e. The topological polar surface area (TPSA) is 21.3 Å². The van der Waals surface area contributed by atoms with Gasteiger partial charge in [0.15, 0.2) is 11.6 Å². The summed E-state index contributed by atoms with van der Waals surface area (Å²) in [4.78, 5) is 1.18. The third-order valence-electron chi connectivity index (χ3n) is 2.30. The summed E-state index contributed by atoms with van der Waals surface area (Å²) in [7, 11) is 1.45. The molecule has 0 aliphatic heterocycles. The van der Waals surface area contributed by atoms with Crippen LogP contribution in [0.3, 0.4) is 0 Å². The Hall–Kier alpha value is -1.07. The van der Waals surface area contributed by atoms with Crippen LogP contribution in [0.25, 0.3) is 0 Å². The number of ether oxygens (including phenoxy) is 1. The molecule has 0 atom stereocenters. The van der Waals surface area contributed by atoms with Crippen molar-refractivity contribution in [2.45, 2.75) is 6.54 Å².